The van der Waals surface area contributed by atoms with Gasteiger partial charge in [-0.25, -0.2) is 0 Å². The highest BCUT2D eigenvalue weighted by atomic mass is 16.5. The quantitative estimate of drug-likeness (QED) is 0.766. The highest BCUT2D eigenvalue weighted by Crippen LogP contribution is 2.34. The van der Waals surface area contributed by atoms with Gasteiger partial charge < -0.3 is 19.5 Å². The van der Waals surface area contributed by atoms with Gasteiger partial charge in [0.1, 0.15) is 25.7 Å². The molecule has 0 aromatic heterocycles. The Morgan fingerprint density at radius 3 is 2.35 bits per heavy atom. The zero-order valence-electron chi connectivity index (χ0n) is 13.3. The van der Waals surface area contributed by atoms with E-state index >= 15 is 0 Å². The van der Waals surface area contributed by atoms with Crippen molar-refractivity contribution in [2.75, 3.05) is 39.5 Å². The van der Waals surface area contributed by atoms with Gasteiger partial charge in [-0.1, -0.05) is 20.8 Å². The van der Waals surface area contributed by atoms with Crippen molar-refractivity contribution in [3.8, 4) is 0 Å². The van der Waals surface area contributed by atoms with Crippen LogP contribution < -0.4 is 4.90 Å². The molecule has 4 heteroatoms. The van der Waals surface area contributed by atoms with Crippen LogP contribution in [-0.4, -0.2) is 56.8 Å². The van der Waals surface area contributed by atoms with E-state index in [4.69, 9.17) is 9.47 Å². The molecule has 0 amide bonds. The number of quaternary nitrogens is 1. The summed E-state index contributed by atoms with van der Waals surface area (Å²) in [5, 5.41) is 10.2. The number of rotatable bonds is 5. The average molecular weight is 286 g/mol. The molecule has 2 rings (SSSR count). The van der Waals surface area contributed by atoms with Crippen LogP contribution in [0.2, 0.25) is 0 Å². The zero-order chi connectivity index (χ0) is 14.5. The Bertz CT molecular complexity index is 269. The van der Waals surface area contributed by atoms with E-state index in [1.54, 1.807) is 0 Å². The number of hydrogen-bond acceptors (Lipinski definition) is 3. The van der Waals surface area contributed by atoms with Crippen LogP contribution >= 0.6 is 0 Å². The molecule has 0 spiro atoms. The van der Waals surface area contributed by atoms with Gasteiger partial charge in [-0.2, -0.15) is 0 Å². The highest BCUT2D eigenvalue weighted by molar-refractivity contribution is 4.81. The molecule has 0 aromatic carbocycles. The molecular weight excluding hydrogens is 254 g/mol. The third-order valence-corrected chi connectivity index (χ3v) is 4.88. The fraction of sp³-hybridized carbons (Fsp3) is 1.00. The van der Waals surface area contributed by atoms with Crippen molar-refractivity contribution in [2.45, 2.75) is 45.8 Å². The lowest BCUT2D eigenvalue weighted by Gasteiger charge is -2.38. The number of ether oxygens (including phenoxy) is 2. The Morgan fingerprint density at radius 1 is 1.15 bits per heavy atom. The molecule has 2 fully saturated rings. The molecule has 0 bridgehead atoms. The largest absolute Gasteiger partial charge is 0.385 e. The van der Waals surface area contributed by atoms with E-state index in [-0.39, 0.29) is 6.10 Å². The molecular formula is C16H32NO3+. The molecule has 4 nitrogen and oxygen atoms in total. The second-order valence-corrected chi connectivity index (χ2v) is 7.05. The summed E-state index contributed by atoms with van der Waals surface area (Å²) in [6.45, 7) is 11.8. The monoisotopic (exact) mass is 286 g/mol. The van der Waals surface area contributed by atoms with Crippen LogP contribution in [0.3, 0.4) is 0 Å². The van der Waals surface area contributed by atoms with Gasteiger partial charge in [-0.15, -0.1) is 0 Å². The second-order valence-electron chi connectivity index (χ2n) is 7.05. The molecule has 2 N–H and O–H groups in total. The molecule has 1 saturated carbocycles. The van der Waals surface area contributed by atoms with Crippen molar-refractivity contribution < 1.29 is 19.5 Å². The Morgan fingerprint density at radius 2 is 1.75 bits per heavy atom. The Balaban J connectivity index is 1.70. The van der Waals surface area contributed by atoms with Crippen LogP contribution in [0.15, 0.2) is 0 Å². The summed E-state index contributed by atoms with van der Waals surface area (Å²) in [4.78, 5) is 1.44. The maximum Gasteiger partial charge on any atom is 0.126 e. The summed E-state index contributed by atoms with van der Waals surface area (Å²) in [7, 11) is 0. The van der Waals surface area contributed by atoms with Crippen LogP contribution in [0.1, 0.15) is 33.6 Å². The normalized spacial score (nSPS) is 37.8. The molecule has 1 aliphatic heterocycles. The SMILES string of the molecule is CC1CC(C)C(OC[C@@H](O)C[NH+]2CCOCC2)C(C)C1. The Hall–Kier alpha value is -0.160. The van der Waals surface area contributed by atoms with Crippen LogP contribution in [0.25, 0.3) is 0 Å². The van der Waals surface area contributed by atoms with Gasteiger partial charge in [0.15, 0.2) is 0 Å². The molecule has 2 aliphatic rings. The highest BCUT2D eigenvalue weighted by Gasteiger charge is 2.32. The van der Waals surface area contributed by atoms with E-state index in [0.29, 0.717) is 24.5 Å². The predicted molar refractivity (Wildman–Crippen MR) is 78.9 cm³/mol. The minimum Gasteiger partial charge on any atom is -0.385 e. The van der Waals surface area contributed by atoms with Gasteiger partial charge in [-0.05, 0) is 30.6 Å². The van der Waals surface area contributed by atoms with E-state index in [0.717, 1.165) is 38.8 Å². The zero-order valence-corrected chi connectivity index (χ0v) is 13.3. The van der Waals surface area contributed by atoms with Gasteiger partial charge in [0.05, 0.1) is 25.9 Å². The first-order valence-electron chi connectivity index (χ1n) is 8.27. The van der Waals surface area contributed by atoms with E-state index in [1.165, 1.54) is 17.7 Å². The van der Waals surface area contributed by atoms with Gasteiger partial charge in [0.2, 0.25) is 0 Å². The van der Waals surface area contributed by atoms with Crippen molar-refractivity contribution in [3.63, 3.8) is 0 Å². The standard InChI is InChI=1S/C16H31NO3/c1-12-8-13(2)16(14(3)9-12)20-11-15(18)10-17-4-6-19-7-5-17/h12-16,18H,4-11H2,1-3H3/p+1/t12?,13?,14?,15-,16?/m0/s1. The molecule has 1 saturated heterocycles. The first-order chi connectivity index (χ1) is 9.56. The molecule has 0 aromatic rings. The van der Waals surface area contributed by atoms with E-state index in [2.05, 4.69) is 20.8 Å². The van der Waals surface area contributed by atoms with Crippen LogP contribution in [0, 0.1) is 17.8 Å². The average Bonchev–Trinajstić information content (AvgIpc) is 2.38. The topological polar surface area (TPSA) is 43.1 Å². The number of morpholine rings is 1. The molecule has 0 radical (unpaired) electrons. The summed E-state index contributed by atoms with van der Waals surface area (Å²) in [6.07, 6.45) is 2.47. The summed E-state index contributed by atoms with van der Waals surface area (Å²) >= 11 is 0. The molecule has 2 unspecified atom stereocenters. The second kappa shape index (κ2) is 7.74. The Labute approximate surface area is 123 Å². The van der Waals surface area contributed by atoms with Crippen LogP contribution in [-0.2, 0) is 9.47 Å². The third kappa shape index (κ3) is 4.69. The number of aliphatic hydroxyl groups excluding tert-OH is 1. The maximum absolute atomic E-state index is 10.2. The van der Waals surface area contributed by atoms with Crippen molar-refractivity contribution in [3.05, 3.63) is 0 Å². The molecule has 3 atom stereocenters. The fourth-order valence-electron chi connectivity index (χ4n) is 4.00. The Kier molecular flexibility index (Phi) is 6.27. The van der Waals surface area contributed by atoms with Crippen molar-refractivity contribution in [1.29, 1.82) is 0 Å². The fourth-order valence-corrected chi connectivity index (χ4v) is 4.00. The molecule has 1 aliphatic carbocycles. The van der Waals surface area contributed by atoms with Crippen LogP contribution in [0.4, 0.5) is 0 Å². The van der Waals surface area contributed by atoms with Crippen LogP contribution in [0.5, 0.6) is 0 Å². The third-order valence-electron chi connectivity index (χ3n) is 4.88. The van der Waals surface area contributed by atoms with E-state index in [9.17, 15) is 5.11 Å². The van der Waals surface area contributed by atoms with Crippen molar-refractivity contribution >= 4 is 0 Å². The number of aliphatic hydroxyl groups is 1. The summed E-state index contributed by atoms with van der Waals surface area (Å²) in [6, 6.07) is 0. The molecule has 20 heavy (non-hydrogen) atoms. The van der Waals surface area contributed by atoms with E-state index < -0.39 is 0 Å². The van der Waals surface area contributed by atoms with Crippen molar-refractivity contribution in [1.82, 2.24) is 0 Å². The first kappa shape index (κ1) is 16.2. The lowest BCUT2D eigenvalue weighted by molar-refractivity contribution is -0.911. The lowest BCUT2D eigenvalue weighted by atomic mass is 9.75. The molecule has 1 heterocycles. The summed E-state index contributed by atoms with van der Waals surface area (Å²) in [5.41, 5.74) is 0. The smallest absolute Gasteiger partial charge is 0.126 e. The molecule has 118 valence electrons. The van der Waals surface area contributed by atoms with Gasteiger partial charge in [0.25, 0.3) is 0 Å². The van der Waals surface area contributed by atoms with Gasteiger partial charge in [0, 0.05) is 0 Å². The van der Waals surface area contributed by atoms with Gasteiger partial charge >= 0.3 is 0 Å². The lowest BCUT2D eigenvalue weighted by Crippen LogP contribution is -3.15. The van der Waals surface area contributed by atoms with Gasteiger partial charge in [-0.3, -0.25) is 0 Å². The van der Waals surface area contributed by atoms with E-state index in [1.807, 2.05) is 0 Å². The number of hydrogen-bond donors (Lipinski definition) is 2. The van der Waals surface area contributed by atoms with Crippen molar-refractivity contribution in [2.24, 2.45) is 17.8 Å². The maximum atomic E-state index is 10.2. The minimum absolute atomic E-state index is 0.320. The summed E-state index contributed by atoms with van der Waals surface area (Å²) < 4.78 is 11.4. The minimum atomic E-state index is -0.346. The summed E-state index contributed by atoms with van der Waals surface area (Å²) in [5.74, 6) is 2.02. The number of nitrogens with one attached hydrogen (secondary N) is 1. The predicted octanol–water partition coefficient (Wildman–Crippen LogP) is 0.350. The first-order valence-corrected chi connectivity index (χ1v) is 8.27.